The Bertz CT molecular complexity index is 660. The molecule has 0 saturated carbocycles. The van der Waals surface area contributed by atoms with Crippen LogP contribution in [0.5, 0.6) is 5.75 Å². The Labute approximate surface area is 119 Å². The summed E-state index contributed by atoms with van der Waals surface area (Å²) in [5, 5.41) is 30.8. The van der Waals surface area contributed by atoms with E-state index in [1.54, 1.807) is 12.1 Å². The lowest BCUT2D eigenvalue weighted by Crippen LogP contribution is -2.28. The second-order valence-corrected chi connectivity index (χ2v) is 4.06. The Hall–Kier alpha value is -3.16. The maximum absolute atomic E-state index is 11.7. The number of phenols is 1. The fourth-order valence-corrected chi connectivity index (χ4v) is 1.54. The van der Waals surface area contributed by atoms with Gasteiger partial charge in [-0.05, 0) is 30.3 Å². The summed E-state index contributed by atoms with van der Waals surface area (Å²) in [6, 6.07) is 6.48. The summed E-state index contributed by atoms with van der Waals surface area (Å²) in [4.78, 5) is 22.4. The van der Waals surface area contributed by atoms with Gasteiger partial charge in [-0.25, -0.2) is 9.59 Å². The number of carbonyl (C=O) groups excluding carboxylic acids is 1. The van der Waals surface area contributed by atoms with E-state index in [9.17, 15) is 14.7 Å². The molecule has 21 heavy (non-hydrogen) atoms. The van der Waals surface area contributed by atoms with Crippen molar-refractivity contribution in [3.8, 4) is 5.75 Å². The molecule has 2 amide bonds. The van der Waals surface area contributed by atoms with E-state index in [1.807, 2.05) is 0 Å². The largest absolute Gasteiger partial charge is 0.506 e. The van der Waals surface area contributed by atoms with Gasteiger partial charge in [-0.15, -0.1) is 0 Å². The molecule has 2 aromatic rings. The number of amides is 2. The van der Waals surface area contributed by atoms with Crippen molar-refractivity contribution in [1.29, 1.82) is 0 Å². The Morgan fingerprint density at radius 3 is 2.67 bits per heavy atom. The lowest BCUT2D eigenvalue weighted by atomic mass is 10.2. The quantitative estimate of drug-likeness (QED) is 0.627. The van der Waals surface area contributed by atoms with Gasteiger partial charge in [-0.3, -0.25) is 0 Å². The number of carbonyl (C=O) groups is 2. The maximum atomic E-state index is 11.7. The van der Waals surface area contributed by atoms with Gasteiger partial charge in [-0.1, -0.05) is 0 Å². The van der Waals surface area contributed by atoms with Crippen molar-refractivity contribution < 1.29 is 19.8 Å². The van der Waals surface area contributed by atoms with Gasteiger partial charge in [0, 0.05) is 6.20 Å². The van der Waals surface area contributed by atoms with E-state index >= 15 is 0 Å². The molecule has 8 nitrogen and oxygen atoms in total. The highest BCUT2D eigenvalue weighted by molar-refractivity contribution is 5.93. The van der Waals surface area contributed by atoms with E-state index in [4.69, 9.17) is 5.11 Å². The summed E-state index contributed by atoms with van der Waals surface area (Å²) in [7, 11) is 0. The molecule has 0 aliphatic rings. The van der Waals surface area contributed by atoms with Crippen molar-refractivity contribution >= 4 is 17.7 Å². The average Bonchev–Trinajstić information content (AvgIpc) is 2.48. The van der Waals surface area contributed by atoms with E-state index in [1.165, 1.54) is 18.3 Å². The van der Waals surface area contributed by atoms with Gasteiger partial charge in [0.15, 0.2) is 0 Å². The number of hydrogen-bond acceptors (Lipinski definition) is 5. The number of carboxylic acid groups (broad SMARTS) is 1. The van der Waals surface area contributed by atoms with Crippen LogP contribution in [0.4, 0.5) is 10.5 Å². The van der Waals surface area contributed by atoms with Gasteiger partial charge in [0.2, 0.25) is 0 Å². The molecule has 0 aliphatic heterocycles. The second kappa shape index (κ2) is 6.33. The van der Waals surface area contributed by atoms with E-state index in [2.05, 4.69) is 20.8 Å². The first-order valence-corrected chi connectivity index (χ1v) is 5.94. The van der Waals surface area contributed by atoms with E-state index in [0.29, 0.717) is 5.69 Å². The van der Waals surface area contributed by atoms with Crippen molar-refractivity contribution in [1.82, 2.24) is 15.5 Å². The fourth-order valence-electron chi connectivity index (χ4n) is 1.54. The van der Waals surface area contributed by atoms with Crippen LogP contribution in [0.2, 0.25) is 0 Å². The number of nitrogens with one attached hydrogen (secondary N) is 2. The van der Waals surface area contributed by atoms with Gasteiger partial charge < -0.3 is 20.8 Å². The highest BCUT2D eigenvalue weighted by Crippen LogP contribution is 2.24. The minimum Gasteiger partial charge on any atom is -0.506 e. The molecule has 108 valence electrons. The summed E-state index contributed by atoms with van der Waals surface area (Å²) in [6.45, 7) is 0.174. The highest BCUT2D eigenvalue weighted by atomic mass is 16.4. The van der Waals surface area contributed by atoms with Crippen LogP contribution in [-0.4, -0.2) is 32.4 Å². The lowest BCUT2D eigenvalue weighted by Gasteiger charge is -2.09. The first-order chi connectivity index (χ1) is 10.1. The van der Waals surface area contributed by atoms with Gasteiger partial charge in [0.25, 0.3) is 0 Å². The number of benzene rings is 1. The molecule has 1 heterocycles. The Morgan fingerprint density at radius 2 is 2.05 bits per heavy atom. The molecule has 0 fully saturated rings. The first kappa shape index (κ1) is 14.3. The molecule has 0 aliphatic carbocycles. The van der Waals surface area contributed by atoms with Crippen molar-refractivity contribution in [2.45, 2.75) is 6.54 Å². The number of urea groups is 1. The number of hydrogen-bond donors (Lipinski definition) is 4. The lowest BCUT2D eigenvalue weighted by molar-refractivity contribution is 0.0696. The van der Waals surface area contributed by atoms with Gasteiger partial charge in [-0.2, -0.15) is 10.2 Å². The predicted octanol–water partition coefficient (Wildman–Crippen LogP) is 1.20. The zero-order chi connectivity index (χ0) is 15.2. The second-order valence-electron chi connectivity index (χ2n) is 4.06. The van der Waals surface area contributed by atoms with Crippen LogP contribution in [0.3, 0.4) is 0 Å². The molecule has 0 unspecified atom stereocenters. The molecule has 2 rings (SSSR count). The number of aromatic carboxylic acids is 1. The number of rotatable bonds is 4. The molecule has 1 aromatic heterocycles. The smallest absolute Gasteiger partial charge is 0.335 e. The zero-order valence-corrected chi connectivity index (χ0v) is 10.8. The average molecular weight is 288 g/mol. The van der Waals surface area contributed by atoms with Crippen LogP contribution in [0, 0.1) is 0 Å². The third kappa shape index (κ3) is 3.90. The monoisotopic (exact) mass is 288 g/mol. The van der Waals surface area contributed by atoms with Crippen molar-refractivity contribution in [2.75, 3.05) is 5.32 Å². The third-order valence-electron chi connectivity index (χ3n) is 2.55. The van der Waals surface area contributed by atoms with Crippen LogP contribution in [-0.2, 0) is 6.54 Å². The normalized spacial score (nSPS) is 9.90. The molecule has 4 N–H and O–H groups in total. The third-order valence-corrected chi connectivity index (χ3v) is 2.55. The van der Waals surface area contributed by atoms with Crippen LogP contribution in [0.25, 0.3) is 0 Å². The molecular formula is C13H12N4O4. The molecule has 0 atom stereocenters. The number of nitrogens with zero attached hydrogens (tertiary/aromatic N) is 2. The zero-order valence-electron chi connectivity index (χ0n) is 10.8. The molecule has 0 spiro atoms. The molecule has 8 heteroatoms. The minimum absolute atomic E-state index is 0.0713. The maximum Gasteiger partial charge on any atom is 0.335 e. The van der Waals surface area contributed by atoms with E-state index in [-0.39, 0.29) is 23.5 Å². The summed E-state index contributed by atoms with van der Waals surface area (Å²) in [6.07, 6.45) is 1.52. The molecule has 0 bridgehead atoms. The van der Waals surface area contributed by atoms with Crippen molar-refractivity contribution in [2.24, 2.45) is 0 Å². The number of anilines is 1. The van der Waals surface area contributed by atoms with Crippen molar-refractivity contribution in [3.05, 3.63) is 47.8 Å². The van der Waals surface area contributed by atoms with Crippen molar-refractivity contribution in [3.63, 3.8) is 0 Å². The standard InChI is InChI=1S/C13H12N4O4/c18-11-6-8(12(19)20)3-4-10(11)16-13(21)14-7-9-2-1-5-15-17-9/h1-6,18H,7H2,(H,19,20)(H2,14,16,21). The van der Waals surface area contributed by atoms with Gasteiger partial charge in [0.1, 0.15) is 5.75 Å². The SMILES string of the molecule is O=C(NCc1cccnn1)Nc1ccc(C(=O)O)cc1O. The highest BCUT2D eigenvalue weighted by Gasteiger charge is 2.10. The first-order valence-electron chi connectivity index (χ1n) is 5.94. The van der Waals surface area contributed by atoms with Crippen LogP contribution >= 0.6 is 0 Å². The summed E-state index contributed by atoms with van der Waals surface area (Å²) in [5.74, 6) is -1.49. The van der Waals surface area contributed by atoms with Crippen LogP contribution in [0.15, 0.2) is 36.5 Å². The number of aromatic nitrogens is 2. The summed E-state index contributed by atoms with van der Waals surface area (Å²) >= 11 is 0. The molecular weight excluding hydrogens is 276 g/mol. The Kier molecular flexibility index (Phi) is 4.30. The minimum atomic E-state index is -1.16. The molecule has 0 radical (unpaired) electrons. The Morgan fingerprint density at radius 1 is 1.24 bits per heavy atom. The molecule has 0 saturated heterocycles. The summed E-state index contributed by atoms with van der Waals surface area (Å²) < 4.78 is 0. The topological polar surface area (TPSA) is 124 Å². The summed E-state index contributed by atoms with van der Waals surface area (Å²) in [5.41, 5.74) is 0.618. The van der Waals surface area contributed by atoms with Gasteiger partial charge >= 0.3 is 12.0 Å². The number of aromatic hydroxyl groups is 1. The number of phenolic OH excluding ortho intramolecular Hbond substituents is 1. The Balaban J connectivity index is 1.95. The van der Waals surface area contributed by atoms with Crippen LogP contribution < -0.4 is 10.6 Å². The molecule has 1 aromatic carbocycles. The fraction of sp³-hybridized carbons (Fsp3) is 0.0769. The van der Waals surface area contributed by atoms with E-state index < -0.39 is 12.0 Å². The van der Waals surface area contributed by atoms with Gasteiger partial charge in [0.05, 0.1) is 23.5 Å². The van der Waals surface area contributed by atoms with E-state index in [0.717, 1.165) is 6.07 Å². The predicted molar refractivity (Wildman–Crippen MR) is 73.0 cm³/mol. The van der Waals surface area contributed by atoms with Crippen LogP contribution in [0.1, 0.15) is 16.1 Å². The number of carboxylic acids is 1.